The zero-order chi connectivity index (χ0) is 32.0. The zero-order valence-corrected chi connectivity index (χ0v) is 26.5. The summed E-state index contributed by atoms with van der Waals surface area (Å²) in [7, 11) is 1.70. The van der Waals surface area contributed by atoms with Crippen molar-refractivity contribution in [2.45, 2.75) is 47.0 Å². The fourth-order valence-corrected chi connectivity index (χ4v) is 4.72. The van der Waals surface area contributed by atoms with E-state index in [-0.39, 0.29) is 28.6 Å². The maximum atomic E-state index is 13.2. The van der Waals surface area contributed by atoms with E-state index in [9.17, 15) is 14.4 Å². The van der Waals surface area contributed by atoms with Crippen molar-refractivity contribution in [1.82, 2.24) is 14.9 Å². The van der Waals surface area contributed by atoms with Gasteiger partial charge in [-0.15, -0.1) is 0 Å². The Labute approximate surface area is 258 Å². The summed E-state index contributed by atoms with van der Waals surface area (Å²) in [6, 6.07) is 20.1. The van der Waals surface area contributed by atoms with Crippen LogP contribution in [0.3, 0.4) is 0 Å². The number of hydrogen-bond acceptors (Lipinski definition) is 6. The number of benzene rings is 3. The van der Waals surface area contributed by atoms with Crippen molar-refractivity contribution in [2.75, 3.05) is 30.4 Å². The first-order valence-corrected chi connectivity index (χ1v) is 14.7. The monoisotopic (exact) mass is 595 g/mol. The molecule has 0 bridgehead atoms. The number of carbonyl (C=O) groups is 2. The van der Waals surface area contributed by atoms with Crippen LogP contribution in [-0.2, 0) is 17.2 Å². The van der Waals surface area contributed by atoms with E-state index in [0.29, 0.717) is 53.6 Å². The molecule has 0 saturated heterocycles. The Balaban J connectivity index is 1.57. The number of aromatic nitrogens is 2. The first kappa shape index (κ1) is 32.2. The minimum atomic E-state index is -0.287. The largest absolute Gasteiger partial charge is 0.380 e. The molecule has 2 amide bonds. The van der Waals surface area contributed by atoms with Gasteiger partial charge in [0.05, 0.1) is 12.3 Å². The van der Waals surface area contributed by atoms with Crippen molar-refractivity contribution in [3.05, 3.63) is 105 Å². The number of hydrogen-bond donors (Lipinski definition) is 3. The SMILES string of the molecule is CCOCCNC(=O)c1ccc(Nc2nc(-c3cccc(NC(=O)c4ccc(C(C)(C)C)cc4)c3C)c(C)n(C)c2=O)cc1. The van der Waals surface area contributed by atoms with E-state index >= 15 is 0 Å². The molecule has 0 radical (unpaired) electrons. The van der Waals surface area contributed by atoms with Crippen LogP contribution in [0.1, 0.15) is 65.2 Å². The Morgan fingerprint density at radius 1 is 0.909 bits per heavy atom. The molecule has 0 saturated carbocycles. The summed E-state index contributed by atoms with van der Waals surface area (Å²) in [5.41, 5.74) is 6.12. The Morgan fingerprint density at radius 3 is 2.18 bits per heavy atom. The summed E-state index contributed by atoms with van der Waals surface area (Å²) in [4.78, 5) is 43.4. The van der Waals surface area contributed by atoms with Gasteiger partial charge in [0, 0.05) is 54.0 Å². The van der Waals surface area contributed by atoms with Crippen molar-refractivity contribution in [3.8, 4) is 11.3 Å². The number of nitrogens with one attached hydrogen (secondary N) is 3. The van der Waals surface area contributed by atoms with E-state index in [4.69, 9.17) is 9.72 Å². The van der Waals surface area contributed by atoms with E-state index in [1.165, 1.54) is 0 Å². The lowest BCUT2D eigenvalue weighted by molar-refractivity contribution is 0.0922. The molecule has 4 aromatic rings. The van der Waals surface area contributed by atoms with Crippen LogP contribution in [0.15, 0.2) is 71.5 Å². The lowest BCUT2D eigenvalue weighted by Crippen LogP contribution is -2.27. The molecule has 0 unspecified atom stereocenters. The van der Waals surface area contributed by atoms with Crippen molar-refractivity contribution in [3.63, 3.8) is 0 Å². The van der Waals surface area contributed by atoms with Gasteiger partial charge in [-0.3, -0.25) is 14.4 Å². The highest BCUT2D eigenvalue weighted by Crippen LogP contribution is 2.30. The second-order valence-corrected chi connectivity index (χ2v) is 11.7. The molecular weight excluding hydrogens is 554 g/mol. The van der Waals surface area contributed by atoms with Gasteiger partial charge in [0.2, 0.25) is 0 Å². The summed E-state index contributed by atoms with van der Waals surface area (Å²) in [6.45, 7) is 13.5. The van der Waals surface area contributed by atoms with E-state index in [2.05, 4.69) is 36.7 Å². The third-order valence-electron chi connectivity index (χ3n) is 7.57. The van der Waals surface area contributed by atoms with Crippen LogP contribution < -0.4 is 21.5 Å². The number of rotatable bonds is 10. The third-order valence-corrected chi connectivity index (χ3v) is 7.57. The molecule has 0 atom stereocenters. The fraction of sp³-hybridized carbons (Fsp3) is 0.314. The van der Waals surface area contributed by atoms with E-state index in [0.717, 1.165) is 16.7 Å². The van der Waals surface area contributed by atoms with E-state index in [1.807, 2.05) is 63.2 Å². The molecule has 3 N–H and O–H groups in total. The highest BCUT2D eigenvalue weighted by molar-refractivity contribution is 6.05. The van der Waals surface area contributed by atoms with Gasteiger partial charge in [-0.25, -0.2) is 4.98 Å². The van der Waals surface area contributed by atoms with Crippen molar-refractivity contribution in [2.24, 2.45) is 7.05 Å². The Kier molecular flexibility index (Phi) is 10.0. The highest BCUT2D eigenvalue weighted by atomic mass is 16.5. The molecule has 0 fully saturated rings. The maximum Gasteiger partial charge on any atom is 0.293 e. The topological polar surface area (TPSA) is 114 Å². The number of anilines is 3. The Hall–Kier alpha value is -4.76. The number of ether oxygens (including phenoxy) is 1. The van der Waals surface area contributed by atoms with Gasteiger partial charge in [-0.1, -0.05) is 45.0 Å². The van der Waals surface area contributed by atoms with Gasteiger partial charge < -0.3 is 25.3 Å². The fourth-order valence-electron chi connectivity index (χ4n) is 4.72. The molecule has 1 heterocycles. The van der Waals surface area contributed by atoms with Gasteiger partial charge >= 0.3 is 0 Å². The molecule has 1 aromatic heterocycles. The first-order valence-electron chi connectivity index (χ1n) is 14.7. The second kappa shape index (κ2) is 13.7. The molecular formula is C35H41N5O4. The van der Waals surface area contributed by atoms with Gasteiger partial charge in [0.15, 0.2) is 5.82 Å². The predicted molar refractivity (Wildman–Crippen MR) is 176 cm³/mol. The van der Waals surface area contributed by atoms with Crippen molar-refractivity contribution < 1.29 is 14.3 Å². The molecule has 0 aliphatic heterocycles. The van der Waals surface area contributed by atoms with Gasteiger partial charge in [-0.05, 0) is 79.8 Å². The van der Waals surface area contributed by atoms with Crippen LogP contribution >= 0.6 is 0 Å². The molecule has 9 nitrogen and oxygen atoms in total. The molecule has 9 heteroatoms. The predicted octanol–water partition coefficient (Wildman–Crippen LogP) is 6.12. The number of nitrogens with zero attached hydrogens (tertiary/aromatic N) is 2. The second-order valence-electron chi connectivity index (χ2n) is 11.7. The summed E-state index contributed by atoms with van der Waals surface area (Å²) in [5, 5.41) is 8.96. The third kappa shape index (κ3) is 7.41. The smallest absolute Gasteiger partial charge is 0.293 e. The maximum absolute atomic E-state index is 13.2. The Bertz CT molecular complexity index is 1700. The molecule has 4 rings (SSSR count). The van der Waals surface area contributed by atoms with Crippen molar-refractivity contribution >= 4 is 29.0 Å². The molecule has 230 valence electrons. The molecule has 3 aromatic carbocycles. The average molecular weight is 596 g/mol. The van der Waals surface area contributed by atoms with Crippen LogP contribution in [0.4, 0.5) is 17.2 Å². The molecule has 0 aliphatic carbocycles. The van der Waals surface area contributed by atoms with Crippen LogP contribution in [0, 0.1) is 13.8 Å². The average Bonchev–Trinajstić information content (AvgIpc) is 3.00. The molecule has 0 spiro atoms. The summed E-state index contributed by atoms with van der Waals surface area (Å²) < 4.78 is 6.80. The first-order chi connectivity index (χ1) is 20.9. The van der Waals surface area contributed by atoms with Gasteiger partial charge in [-0.2, -0.15) is 0 Å². The zero-order valence-electron chi connectivity index (χ0n) is 26.5. The standard InChI is InChI=1S/C35H41N5O4/c1-8-44-21-20-36-32(41)24-14-18-27(19-15-24)37-31-34(43)40(7)23(3)30(39-31)28-10-9-11-29(22(28)2)38-33(42)25-12-16-26(17-13-25)35(4,5)6/h9-19H,8,20-21H2,1-7H3,(H,36,41)(H,37,39)(H,38,42). The van der Waals surface area contributed by atoms with Crippen LogP contribution in [0.25, 0.3) is 11.3 Å². The number of amides is 2. The minimum absolute atomic E-state index is 0.00199. The van der Waals surface area contributed by atoms with Gasteiger partial charge in [0.1, 0.15) is 0 Å². The normalized spacial score (nSPS) is 11.2. The van der Waals surface area contributed by atoms with E-state index < -0.39 is 0 Å². The van der Waals surface area contributed by atoms with Crippen molar-refractivity contribution in [1.29, 1.82) is 0 Å². The van der Waals surface area contributed by atoms with Crippen LogP contribution in [-0.4, -0.2) is 41.1 Å². The van der Waals surface area contributed by atoms with E-state index in [1.54, 1.807) is 35.9 Å². The van der Waals surface area contributed by atoms with Crippen LogP contribution in [0.5, 0.6) is 0 Å². The summed E-state index contributed by atoms with van der Waals surface area (Å²) in [5.74, 6) is -0.258. The van der Waals surface area contributed by atoms with Gasteiger partial charge in [0.25, 0.3) is 17.4 Å². The molecule has 44 heavy (non-hydrogen) atoms. The molecule has 0 aliphatic rings. The summed E-state index contributed by atoms with van der Waals surface area (Å²) >= 11 is 0. The van der Waals surface area contributed by atoms with Crippen LogP contribution in [0.2, 0.25) is 0 Å². The highest BCUT2D eigenvalue weighted by Gasteiger charge is 2.18. The lowest BCUT2D eigenvalue weighted by Gasteiger charge is -2.19. The quantitative estimate of drug-likeness (QED) is 0.190. The minimum Gasteiger partial charge on any atom is -0.380 e. The summed E-state index contributed by atoms with van der Waals surface area (Å²) in [6.07, 6.45) is 0. The Morgan fingerprint density at radius 2 is 1.55 bits per heavy atom. The lowest BCUT2D eigenvalue weighted by atomic mass is 9.86. The number of carbonyl (C=O) groups excluding carboxylic acids is 2.